The molecule has 0 fully saturated rings. The molecular weight excluding hydrogens is 181 g/mol. The summed E-state index contributed by atoms with van der Waals surface area (Å²) in [5, 5.41) is 9.74. The number of nitrogens with two attached hydrogens (primary N) is 1. The molecule has 1 aromatic rings. The van der Waals surface area contributed by atoms with E-state index in [1.165, 1.54) is 6.07 Å². The molecule has 0 heterocycles. The number of aliphatic hydroxyl groups excluding tert-OH is 1. The van der Waals surface area contributed by atoms with Crippen LogP contribution in [0.15, 0.2) is 12.1 Å². The van der Waals surface area contributed by atoms with E-state index in [1.807, 2.05) is 0 Å². The summed E-state index contributed by atoms with van der Waals surface area (Å²) in [5.41, 5.74) is 7.41. The van der Waals surface area contributed by atoms with Gasteiger partial charge in [-0.05, 0) is 43.5 Å². The quantitative estimate of drug-likeness (QED) is 0.759. The summed E-state index contributed by atoms with van der Waals surface area (Å²) in [6, 6.07) is 2.83. The molecule has 0 spiro atoms. The molecule has 0 aromatic heterocycles. The minimum atomic E-state index is -0.801. The fourth-order valence-electron chi connectivity index (χ4n) is 1.43. The van der Waals surface area contributed by atoms with Gasteiger partial charge in [-0.15, -0.1) is 0 Å². The number of aliphatic hydroxyl groups is 1. The molecule has 2 atom stereocenters. The average Bonchev–Trinajstić information content (AvgIpc) is 2.09. The molecule has 0 bridgehead atoms. The molecule has 0 aliphatic carbocycles. The molecule has 0 aliphatic heterocycles. The van der Waals surface area contributed by atoms with Crippen LogP contribution in [0, 0.1) is 19.7 Å². The van der Waals surface area contributed by atoms with Gasteiger partial charge in [0.05, 0.1) is 6.10 Å². The van der Waals surface area contributed by atoms with Crippen molar-refractivity contribution in [2.24, 2.45) is 5.73 Å². The van der Waals surface area contributed by atoms with Crippen LogP contribution in [-0.4, -0.2) is 11.1 Å². The average molecular weight is 197 g/mol. The fraction of sp³-hybridized carbons (Fsp3) is 0.455. The number of hydrogen-bond acceptors (Lipinski definition) is 2. The Kier molecular flexibility index (Phi) is 3.24. The van der Waals surface area contributed by atoms with Gasteiger partial charge in [0, 0.05) is 6.04 Å². The molecule has 1 rings (SSSR count). The minimum absolute atomic E-state index is 0.292. The highest BCUT2D eigenvalue weighted by Crippen LogP contribution is 2.23. The summed E-state index contributed by atoms with van der Waals surface area (Å²) >= 11 is 0. The van der Waals surface area contributed by atoms with Crippen LogP contribution in [0.3, 0.4) is 0 Å². The van der Waals surface area contributed by atoms with Crippen molar-refractivity contribution < 1.29 is 9.50 Å². The van der Waals surface area contributed by atoms with E-state index >= 15 is 0 Å². The standard InChI is InChI=1S/C11H16FNO/c1-6-4-9(11(14)8(3)13)7(2)10(12)5-6/h4-5,8,11,14H,13H2,1-3H3. The lowest BCUT2D eigenvalue weighted by Crippen LogP contribution is -2.25. The van der Waals surface area contributed by atoms with Gasteiger partial charge in [-0.3, -0.25) is 0 Å². The summed E-state index contributed by atoms with van der Waals surface area (Å²) < 4.78 is 13.3. The van der Waals surface area contributed by atoms with E-state index in [9.17, 15) is 9.50 Å². The van der Waals surface area contributed by atoms with E-state index in [1.54, 1.807) is 26.8 Å². The number of halogens is 1. The zero-order chi connectivity index (χ0) is 10.9. The van der Waals surface area contributed by atoms with Crippen LogP contribution in [0.1, 0.15) is 29.7 Å². The maximum Gasteiger partial charge on any atom is 0.126 e. The van der Waals surface area contributed by atoms with Gasteiger partial charge in [0.2, 0.25) is 0 Å². The molecule has 0 radical (unpaired) electrons. The van der Waals surface area contributed by atoms with Gasteiger partial charge >= 0.3 is 0 Å². The van der Waals surface area contributed by atoms with Crippen molar-refractivity contribution in [2.45, 2.75) is 32.9 Å². The van der Waals surface area contributed by atoms with Crippen LogP contribution in [0.5, 0.6) is 0 Å². The fourth-order valence-corrected chi connectivity index (χ4v) is 1.43. The predicted octanol–water partition coefficient (Wildman–Crippen LogP) is 1.82. The first-order chi connectivity index (χ1) is 6.43. The Balaban J connectivity index is 3.20. The van der Waals surface area contributed by atoms with Crippen LogP contribution in [0.4, 0.5) is 4.39 Å². The molecule has 78 valence electrons. The Labute approximate surface area is 83.6 Å². The van der Waals surface area contributed by atoms with Gasteiger partial charge in [-0.2, -0.15) is 0 Å². The first kappa shape index (κ1) is 11.1. The Morgan fingerprint density at radius 3 is 2.43 bits per heavy atom. The highest BCUT2D eigenvalue weighted by molar-refractivity contribution is 5.34. The molecular formula is C11H16FNO. The number of rotatable bonds is 2. The highest BCUT2D eigenvalue weighted by atomic mass is 19.1. The van der Waals surface area contributed by atoms with E-state index in [-0.39, 0.29) is 5.82 Å². The van der Waals surface area contributed by atoms with Gasteiger partial charge in [-0.1, -0.05) is 6.07 Å². The van der Waals surface area contributed by atoms with E-state index in [0.717, 1.165) is 5.56 Å². The number of benzene rings is 1. The first-order valence-corrected chi connectivity index (χ1v) is 4.63. The molecule has 1 aromatic carbocycles. The number of hydrogen-bond donors (Lipinski definition) is 2. The molecule has 0 aliphatic rings. The van der Waals surface area contributed by atoms with Gasteiger partial charge in [-0.25, -0.2) is 4.39 Å². The van der Waals surface area contributed by atoms with Crippen LogP contribution in [0.2, 0.25) is 0 Å². The van der Waals surface area contributed by atoms with Crippen LogP contribution in [-0.2, 0) is 0 Å². The Morgan fingerprint density at radius 1 is 1.36 bits per heavy atom. The Morgan fingerprint density at radius 2 is 1.93 bits per heavy atom. The lowest BCUT2D eigenvalue weighted by atomic mass is 9.97. The molecule has 14 heavy (non-hydrogen) atoms. The maximum absolute atomic E-state index is 13.3. The van der Waals surface area contributed by atoms with Crippen molar-refractivity contribution in [1.29, 1.82) is 0 Å². The molecule has 0 saturated heterocycles. The Bertz CT molecular complexity index is 336. The van der Waals surface area contributed by atoms with Crippen molar-refractivity contribution in [1.82, 2.24) is 0 Å². The zero-order valence-electron chi connectivity index (χ0n) is 8.71. The summed E-state index contributed by atoms with van der Waals surface area (Å²) in [6.07, 6.45) is -0.801. The molecule has 3 N–H and O–H groups in total. The summed E-state index contributed by atoms with van der Waals surface area (Å²) in [5.74, 6) is -0.292. The summed E-state index contributed by atoms with van der Waals surface area (Å²) in [6.45, 7) is 5.14. The van der Waals surface area contributed by atoms with Crippen LogP contribution < -0.4 is 5.73 Å². The van der Waals surface area contributed by atoms with Gasteiger partial charge in [0.25, 0.3) is 0 Å². The number of aryl methyl sites for hydroxylation is 1. The third-order valence-electron chi connectivity index (χ3n) is 2.35. The van der Waals surface area contributed by atoms with Crippen molar-refractivity contribution in [3.05, 3.63) is 34.6 Å². The molecule has 2 nitrogen and oxygen atoms in total. The first-order valence-electron chi connectivity index (χ1n) is 4.63. The summed E-state index contributed by atoms with van der Waals surface area (Å²) in [4.78, 5) is 0. The third-order valence-corrected chi connectivity index (χ3v) is 2.35. The van der Waals surface area contributed by atoms with Crippen molar-refractivity contribution in [2.75, 3.05) is 0 Å². The maximum atomic E-state index is 13.3. The monoisotopic (exact) mass is 197 g/mol. The predicted molar refractivity (Wildman–Crippen MR) is 54.5 cm³/mol. The second kappa shape index (κ2) is 4.07. The normalized spacial score (nSPS) is 15.3. The van der Waals surface area contributed by atoms with E-state index in [4.69, 9.17) is 5.73 Å². The Hall–Kier alpha value is -0.930. The van der Waals surface area contributed by atoms with Gasteiger partial charge < -0.3 is 10.8 Å². The zero-order valence-corrected chi connectivity index (χ0v) is 8.71. The molecule has 3 heteroatoms. The SMILES string of the molecule is Cc1cc(F)c(C)c(C(O)C(C)N)c1. The van der Waals surface area contributed by atoms with Gasteiger partial charge in [0.1, 0.15) is 5.82 Å². The van der Waals surface area contributed by atoms with Gasteiger partial charge in [0.15, 0.2) is 0 Å². The van der Waals surface area contributed by atoms with Crippen LogP contribution in [0.25, 0.3) is 0 Å². The second-order valence-corrected chi connectivity index (χ2v) is 3.76. The molecule has 0 saturated carbocycles. The summed E-state index contributed by atoms with van der Waals surface area (Å²) in [7, 11) is 0. The third kappa shape index (κ3) is 2.11. The van der Waals surface area contributed by atoms with Crippen molar-refractivity contribution in [3.8, 4) is 0 Å². The topological polar surface area (TPSA) is 46.2 Å². The van der Waals surface area contributed by atoms with Crippen LogP contribution >= 0.6 is 0 Å². The second-order valence-electron chi connectivity index (χ2n) is 3.76. The van der Waals surface area contributed by atoms with E-state index in [2.05, 4.69) is 0 Å². The highest BCUT2D eigenvalue weighted by Gasteiger charge is 2.17. The smallest absolute Gasteiger partial charge is 0.126 e. The molecule has 2 unspecified atom stereocenters. The lowest BCUT2D eigenvalue weighted by Gasteiger charge is -2.18. The molecule has 0 amide bonds. The lowest BCUT2D eigenvalue weighted by molar-refractivity contribution is 0.152. The van der Waals surface area contributed by atoms with E-state index < -0.39 is 12.1 Å². The van der Waals surface area contributed by atoms with Crippen molar-refractivity contribution >= 4 is 0 Å². The minimum Gasteiger partial charge on any atom is -0.387 e. The van der Waals surface area contributed by atoms with Crippen molar-refractivity contribution in [3.63, 3.8) is 0 Å². The largest absolute Gasteiger partial charge is 0.387 e. The van der Waals surface area contributed by atoms with E-state index in [0.29, 0.717) is 11.1 Å².